The number of urea groups is 1. The fourth-order valence-corrected chi connectivity index (χ4v) is 3.23. The SMILES string of the molecule is O=C(COc1ccc2ccccc2c1Br)NC(=S)NNC(=O)Nc1ccccc1. The van der Waals surface area contributed by atoms with E-state index in [1.54, 1.807) is 30.3 Å². The van der Waals surface area contributed by atoms with Crippen LogP contribution in [0.15, 0.2) is 71.2 Å². The van der Waals surface area contributed by atoms with Crippen molar-refractivity contribution in [1.82, 2.24) is 16.2 Å². The van der Waals surface area contributed by atoms with E-state index < -0.39 is 11.9 Å². The zero-order valence-corrected chi connectivity index (χ0v) is 17.5. The number of anilines is 1. The van der Waals surface area contributed by atoms with E-state index in [9.17, 15) is 9.59 Å². The van der Waals surface area contributed by atoms with Crippen LogP contribution in [0.5, 0.6) is 5.75 Å². The van der Waals surface area contributed by atoms with Gasteiger partial charge in [0.1, 0.15) is 5.75 Å². The summed E-state index contributed by atoms with van der Waals surface area (Å²) in [7, 11) is 0. The molecule has 0 saturated heterocycles. The van der Waals surface area contributed by atoms with E-state index in [-0.39, 0.29) is 11.7 Å². The van der Waals surface area contributed by atoms with E-state index >= 15 is 0 Å². The number of thiocarbonyl (C=S) groups is 1. The number of hydrogen-bond acceptors (Lipinski definition) is 4. The van der Waals surface area contributed by atoms with E-state index in [4.69, 9.17) is 17.0 Å². The maximum Gasteiger partial charge on any atom is 0.337 e. The Labute approximate surface area is 180 Å². The molecule has 3 rings (SSSR count). The van der Waals surface area contributed by atoms with Gasteiger partial charge in [0.25, 0.3) is 5.91 Å². The molecule has 3 aromatic carbocycles. The molecule has 0 aliphatic carbocycles. The number of halogens is 1. The van der Waals surface area contributed by atoms with Gasteiger partial charge in [0.15, 0.2) is 11.7 Å². The lowest BCUT2D eigenvalue weighted by atomic mass is 10.1. The number of para-hydroxylation sites is 1. The molecule has 0 atom stereocenters. The van der Waals surface area contributed by atoms with Crippen molar-refractivity contribution in [1.29, 1.82) is 0 Å². The average Bonchev–Trinajstić information content (AvgIpc) is 2.73. The summed E-state index contributed by atoms with van der Waals surface area (Å²) in [6.07, 6.45) is 0. The third-order valence-corrected chi connectivity index (χ3v) is 4.78. The van der Waals surface area contributed by atoms with Gasteiger partial charge in [0.2, 0.25) is 0 Å². The lowest BCUT2D eigenvalue weighted by Gasteiger charge is -2.13. The lowest BCUT2D eigenvalue weighted by Crippen LogP contribution is -2.50. The maximum atomic E-state index is 12.0. The first-order chi connectivity index (χ1) is 14.0. The molecule has 0 aromatic heterocycles. The minimum atomic E-state index is -0.524. The number of rotatable bonds is 4. The first-order valence-electron chi connectivity index (χ1n) is 8.55. The standard InChI is InChI=1S/C20H17BrN4O3S/c21-18-15-9-5-4-6-13(15)10-11-16(18)28-12-17(26)23-20(29)25-24-19(27)22-14-7-2-1-3-8-14/h1-11H,12H2,(H2,22,24,27)(H2,23,25,26,29). The van der Waals surface area contributed by atoms with Gasteiger partial charge >= 0.3 is 6.03 Å². The summed E-state index contributed by atoms with van der Waals surface area (Å²) in [6, 6.07) is 19.9. The molecule has 0 heterocycles. The molecule has 0 bridgehead atoms. The van der Waals surface area contributed by atoms with Crippen molar-refractivity contribution in [2.75, 3.05) is 11.9 Å². The first-order valence-corrected chi connectivity index (χ1v) is 9.75. The van der Waals surface area contributed by atoms with Crippen LogP contribution in [0.4, 0.5) is 10.5 Å². The molecule has 0 saturated carbocycles. The van der Waals surface area contributed by atoms with Gasteiger partial charge in [-0.3, -0.25) is 15.5 Å². The van der Waals surface area contributed by atoms with Crippen molar-refractivity contribution in [2.24, 2.45) is 0 Å². The summed E-state index contributed by atoms with van der Waals surface area (Å²) >= 11 is 8.48. The molecule has 0 radical (unpaired) electrons. The van der Waals surface area contributed by atoms with Crippen molar-refractivity contribution in [3.05, 3.63) is 71.2 Å². The van der Waals surface area contributed by atoms with Crippen LogP contribution in [-0.2, 0) is 4.79 Å². The Morgan fingerprint density at radius 1 is 0.931 bits per heavy atom. The summed E-state index contributed by atoms with van der Waals surface area (Å²) in [4.78, 5) is 23.8. The monoisotopic (exact) mass is 472 g/mol. The van der Waals surface area contributed by atoms with Crippen molar-refractivity contribution in [3.63, 3.8) is 0 Å². The minimum Gasteiger partial charge on any atom is -0.483 e. The number of amides is 3. The number of fused-ring (bicyclic) bond motifs is 1. The van der Waals surface area contributed by atoms with E-state index in [1.807, 2.05) is 36.4 Å². The van der Waals surface area contributed by atoms with Crippen molar-refractivity contribution < 1.29 is 14.3 Å². The second-order valence-corrected chi connectivity index (χ2v) is 7.04. The molecular formula is C20H17BrN4O3S. The Balaban J connectivity index is 1.44. The van der Waals surface area contributed by atoms with Crippen LogP contribution in [-0.4, -0.2) is 23.7 Å². The van der Waals surface area contributed by atoms with E-state index in [0.29, 0.717) is 11.4 Å². The molecule has 9 heteroatoms. The molecule has 0 aliphatic rings. The Kier molecular flexibility index (Phi) is 6.99. The number of nitrogens with one attached hydrogen (secondary N) is 4. The predicted octanol–water partition coefficient (Wildman–Crippen LogP) is 3.71. The largest absolute Gasteiger partial charge is 0.483 e. The molecule has 0 fully saturated rings. The van der Waals surface area contributed by atoms with Crippen LogP contribution in [0.1, 0.15) is 0 Å². The molecule has 0 spiro atoms. The second-order valence-electron chi connectivity index (χ2n) is 5.83. The fourth-order valence-electron chi connectivity index (χ4n) is 2.46. The fraction of sp³-hybridized carbons (Fsp3) is 0.0500. The van der Waals surface area contributed by atoms with E-state index in [0.717, 1.165) is 15.2 Å². The molecule has 0 unspecified atom stereocenters. The summed E-state index contributed by atoms with van der Waals surface area (Å²) in [5.74, 6) is 0.0749. The van der Waals surface area contributed by atoms with E-state index in [2.05, 4.69) is 37.4 Å². The average molecular weight is 473 g/mol. The topological polar surface area (TPSA) is 91.5 Å². The maximum absolute atomic E-state index is 12.0. The minimum absolute atomic E-state index is 0.0561. The molecule has 29 heavy (non-hydrogen) atoms. The Bertz CT molecular complexity index is 1050. The van der Waals surface area contributed by atoms with Crippen molar-refractivity contribution >= 4 is 61.7 Å². The predicted molar refractivity (Wildman–Crippen MR) is 120 cm³/mol. The highest BCUT2D eigenvalue weighted by molar-refractivity contribution is 9.10. The Hall–Kier alpha value is -3.17. The highest BCUT2D eigenvalue weighted by atomic mass is 79.9. The molecule has 3 aromatic rings. The van der Waals surface area contributed by atoms with Gasteiger partial charge in [0, 0.05) is 5.69 Å². The molecular weight excluding hydrogens is 456 g/mol. The highest BCUT2D eigenvalue weighted by Gasteiger charge is 2.10. The number of carbonyl (C=O) groups excluding carboxylic acids is 2. The van der Waals surface area contributed by atoms with Gasteiger partial charge in [0.05, 0.1) is 4.47 Å². The summed E-state index contributed by atoms with van der Waals surface area (Å²) in [6.45, 7) is -0.241. The summed E-state index contributed by atoms with van der Waals surface area (Å²) in [5.41, 5.74) is 5.40. The Morgan fingerprint density at radius 2 is 1.66 bits per heavy atom. The zero-order chi connectivity index (χ0) is 20.6. The lowest BCUT2D eigenvalue weighted by molar-refractivity contribution is -0.121. The number of ether oxygens (including phenoxy) is 1. The normalized spacial score (nSPS) is 10.1. The van der Waals surface area contributed by atoms with Crippen LogP contribution >= 0.6 is 28.1 Å². The smallest absolute Gasteiger partial charge is 0.337 e. The van der Waals surface area contributed by atoms with Crippen LogP contribution in [0.2, 0.25) is 0 Å². The first kappa shape index (κ1) is 20.6. The quantitative estimate of drug-likeness (QED) is 0.343. The van der Waals surface area contributed by atoms with E-state index in [1.165, 1.54) is 0 Å². The third kappa shape index (κ3) is 5.90. The second kappa shape index (κ2) is 9.85. The molecule has 0 aliphatic heterocycles. The van der Waals surface area contributed by atoms with Crippen LogP contribution < -0.4 is 26.2 Å². The summed E-state index contributed by atoms with van der Waals surface area (Å²) < 4.78 is 6.33. The van der Waals surface area contributed by atoms with Crippen molar-refractivity contribution in [3.8, 4) is 5.75 Å². The van der Waals surface area contributed by atoms with Gasteiger partial charge in [-0.05, 0) is 57.1 Å². The van der Waals surface area contributed by atoms with Crippen LogP contribution in [0.3, 0.4) is 0 Å². The van der Waals surface area contributed by atoms with Crippen molar-refractivity contribution in [2.45, 2.75) is 0 Å². The van der Waals surface area contributed by atoms with Gasteiger partial charge in [-0.1, -0.05) is 48.5 Å². The van der Waals surface area contributed by atoms with Crippen LogP contribution in [0.25, 0.3) is 10.8 Å². The Morgan fingerprint density at radius 3 is 2.45 bits per heavy atom. The summed E-state index contributed by atoms with van der Waals surface area (Å²) in [5, 5.41) is 7.01. The third-order valence-electron chi connectivity index (χ3n) is 3.76. The highest BCUT2D eigenvalue weighted by Crippen LogP contribution is 2.32. The number of hydrogen-bond donors (Lipinski definition) is 4. The number of benzene rings is 3. The van der Waals surface area contributed by atoms with Gasteiger partial charge in [-0.25, -0.2) is 10.2 Å². The molecule has 3 amide bonds. The van der Waals surface area contributed by atoms with Crippen LogP contribution in [0, 0.1) is 0 Å². The van der Waals surface area contributed by atoms with Gasteiger partial charge in [-0.15, -0.1) is 0 Å². The number of hydrazine groups is 1. The molecule has 7 nitrogen and oxygen atoms in total. The number of carbonyl (C=O) groups is 2. The van der Waals surface area contributed by atoms with Gasteiger partial charge in [-0.2, -0.15) is 0 Å². The molecule has 148 valence electrons. The molecule has 4 N–H and O–H groups in total. The van der Waals surface area contributed by atoms with Gasteiger partial charge < -0.3 is 10.1 Å². The zero-order valence-electron chi connectivity index (χ0n) is 15.1.